The molecular weight excluding hydrogens is 444 g/mol. The number of hydrogen-bond acceptors (Lipinski definition) is 4. The quantitative estimate of drug-likeness (QED) is 0.576. The Morgan fingerprint density at radius 1 is 1.03 bits per heavy atom. The number of carbonyl (C=O) groups is 3. The molecule has 1 fully saturated rings. The average Bonchev–Trinajstić information content (AvgIpc) is 3.07. The standard InChI is InChI=1S/C28H34N2O5/c1-28(2,3)14-19(13-25(31)30-15-18(16-30)12-26(32)33)29-27(34)35-17-24-22-10-6-4-8-20(22)21-9-5-7-11-23(21)24/h4-11,18-19,24H,12-17H2,1-3H3,(H,29,34)(H,32,33). The van der Waals surface area contributed by atoms with Crippen LogP contribution >= 0.6 is 0 Å². The van der Waals surface area contributed by atoms with Gasteiger partial charge in [-0.3, -0.25) is 9.59 Å². The third kappa shape index (κ3) is 6.02. The van der Waals surface area contributed by atoms with Gasteiger partial charge in [-0.15, -0.1) is 0 Å². The predicted octanol–water partition coefficient (Wildman–Crippen LogP) is 4.65. The number of carbonyl (C=O) groups excluding carboxylic acids is 2. The molecule has 1 heterocycles. The lowest BCUT2D eigenvalue weighted by atomic mass is 9.86. The molecule has 2 aromatic rings. The summed E-state index contributed by atoms with van der Waals surface area (Å²) in [4.78, 5) is 38.1. The first-order valence-corrected chi connectivity index (χ1v) is 12.2. The average molecular weight is 479 g/mol. The maximum Gasteiger partial charge on any atom is 0.407 e. The molecule has 0 aromatic heterocycles. The highest BCUT2D eigenvalue weighted by Crippen LogP contribution is 2.44. The van der Waals surface area contributed by atoms with Crippen LogP contribution in [-0.2, 0) is 14.3 Å². The van der Waals surface area contributed by atoms with E-state index in [9.17, 15) is 14.4 Å². The summed E-state index contributed by atoms with van der Waals surface area (Å²) in [6.45, 7) is 7.33. The minimum Gasteiger partial charge on any atom is -0.481 e. The predicted molar refractivity (Wildman–Crippen MR) is 133 cm³/mol. The molecular formula is C28H34N2O5. The van der Waals surface area contributed by atoms with Crippen LogP contribution < -0.4 is 5.32 Å². The van der Waals surface area contributed by atoms with Crippen LogP contribution in [0, 0.1) is 11.3 Å². The lowest BCUT2D eigenvalue weighted by molar-refractivity contribution is -0.145. The van der Waals surface area contributed by atoms with Gasteiger partial charge in [0.2, 0.25) is 5.91 Å². The van der Waals surface area contributed by atoms with Gasteiger partial charge in [0.15, 0.2) is 0 Å². The summed E-state index contributed by atoms with van der Waals surface area (Å²) in [6, 6.07) is 16.0. The zero-order valence-corrected chi connectivity index (χ0v) is 20.6. The van der Waals surface area contributed by atoms with Crippen molar-refractivity contribution in [3.05, 3.63) is 59.7 Å². The Labute approximate surface area is 206 Å². The number of amides is 2. The van der Waals surface area contributed by atoms with Crippen LogP contribution in [0.2, 0.25) is 0 Å². The second kappa shape index (κ2) is 10.1. The molecule has 35 heavy (non-hydrogen) atoms. The summed E-state index contributed by atoms with van der Waals surface area (Å²) in [5, 5.41) is 11.8. The van der Waals surface area contributed by atoms with Crippen LogP contribution in [-0.4, -0.2) is 53.7 Å². The number of ether oxygens (including phenoxy) is 1. The first-order chi connectivity index (χ1) is 16.6. The molecule has 7 nitrogen and oxygen atoms in total. The summed E-state index contributed by atoms with van der Waals surface area (Å²) in [5.74, 6) is -0.930. The molecule has 1 aliphatic heterocycles. The third-order valence-electron chi connectivity index (χ3n) is 6.72. The molecule has 186 valence electrons. The molecule has 2 aromatic carbocycles. The van der Waals surface area contributed by atoms with Crippen LogP contribution in [0.1, 0.15) is 57.1 Å². The first kappa shape index (κ1) is 24.8. The van der Waals surface area contributed by atoms with E-state index in [1.54, 1.807) is 4.90 Å². The lowest BCUT2D eigenvalue weighted by Gasteiger charge is -2.39. The van der Waals surface area contributed by atoms with Gasteiger partial charge >= 0.3 is 12.1 Å². The molecule has 0 radical (unpaired) electrons. The van der Waals surface area contributed by atoms with Crippen LogP contribution in [0.3, 0.4) is 0 Å². The fourth-order valence-electron chi connectivity index (χ4n) is 5.21. The topological polar surface area (TPSA) is 95.9 Å². The van der Waals surface area contributed by atoms with Gasteiger partial charge in [0, 0.05) is 37.4 Å². The summed E-state index contributed by atoms with van der Waals surface area (Å²) in [7, 11) is 0. The highest BCUT2D eigenvalue weighted by Gasteiger charge is 2.34. The van der Waals surface area contributed by atoms with Gasteiger partial charge in [-0.05, 0) is 34.1 Å². The van der Waals surface area contributed by atoms with Crippen molar-refractivity contribution < 1.29 is 24.2 Å². The van der Waals surface area contributed by atoms with E-state index in [2.05, 4.69) is 50.4 Å². The van der Waals surface area contributed by atoms with Crippen molar-refractivity contribution in [1.29, 1.82) is 0 Å². The van der Waals surface area contributed by atoms with Crippen LogP contribution in [0.15, 0.2) is 48.5 Å². The van der Waals surface area contributed by atoms with Crippen LogP contribution in [0.4, 0.5) is 4.79 Å². The largest absolute Gasteiger partial charge is 0.481 e. The number of benzene rings is 2. The zero-order chi connectivity index (χ0) is 25.2. The van der Waals surface area contributed by atoms with Crippen molar-refractivity contribution in [2.24, 2.45) is 11.3 Å². The molecule has 1 atom stereocenters. The Hall–Kier alpha value is -3.35. The number of likely N-dealkylation sites (tertiary alicyclic amines) is 1. The van der Waals surface area contributed by atoms with E-state index in [-0.39, 0.29) is 48.6 Å². The summed E-state index contributed by atoms with van der Waals surface area (Å²) < 4.78 is 5.69. The van der Waals surface area contributed by atoms with Gasteiger partial charge in [0.1, 0.15) is 6.61 Å². The molecule has 4 rings (SSSR count). The van der Waals surface area contributed by atoms with Crippen molar-refractivity contribution in [2.45, 2.75) is 52.0 Å². The molecule has 0 saturated carbocycles. The van der Waals surface area contributed by atoms with E-state index >= 15 is 0 Å². The smallest absolute Gasteiger partial charge is 0.407 e. The van der Waals surface area contributed by atoms with Gasteiger partial charge in [-0.2, -0.15) is 0 Å². The van der Waals surface area contributed by atoms with Gasteiger partial charge in [-0.1, -0.05) is 69.3 Å². The fourth-order valence-corrected chi connectivity index (χ4v) is 5.21. The summed E-state index contributed by atoms with van der Waals surface area (Å²) in [6.07, 6.45) is 0.338. The molecule has 0 bridgehead atoms. The Balaban J connectivity index is 1.35. The molecule has 2 amide bonds. The van der Waals surface area contributed by atoms with Gasteiger partial charge in [0.25, 0.3) is 0 Å². The number of fused-ring (bicyclic) bond motifs is 3. The van der Waals surface area contributed by atoms with E-state index in [0.29, 0.717) is 19.5 Å². The SMILES string of the molecule is CC(C)(C)CC(CC(=O)N1CC(CC(=O)O)C1)NC(=O)OCC1c2ccccc2-c2ccccc21. The number of alkyl carbamates (subject to hydrolysis) is 1. The monoisotopic (exact) mass is 478 g/mol. The van der Waals surface area contributed by atoms with E-state index in [1.165, 1.54) is 11.1 Å². The van der Waals surface area contributed by atoms with Crippen LogP contribution in [0.25, 0.3) is 11.1 Å². The minimum absolute atomic E-state index is 0.00704. The summed E-state index contributed by atoms with van der Waals surface area (Å²) in [5.41, 5.74) is 4.55. The molecule has 1 aliphatic carbocycles. The van der Waals surface area contributed by atoms with E-state index in [4.69, 9.17) is 9.84 Å². The van der Waals surface area contributed by atoms with Crippen molar-refractivity contribution in [2.75, 3.05) is 19.7 Å². The van der Waals surface area contributed by atoms with Crippen LogP contribution in [0.5, 0.6) is 0 Å². The van der Waals surface area contributed by atoms with E-state index in [1.807, 2.05) is 24.3 Å². The van der Waals surface area contributed by atoms with E-state index < -0.39 is 12.1 Å². The summed E-state index contributed by atoms with van der Waals surface area (Å²) >= 11 is 0. The first-order valence-electron chi connectivity index (χ1n) is 12.2. The fraction of sp³-hybridized carbons (Fsp3) is 0.464. The maximum atomic E-state index is 12.8. The molecule has 7 heteroatoms. The Morgan fingerprint density at radius 3 is 2.14 bits per heavy atom. The van der Waals surface area contributed by atoms with E-state index in [0.717, 1.165) is 11.1 Å². The Morgan fingerprint density at radius 2 is 1.60 bits per heavy atom. The van der Waals surface area contributed by atoms with Gasteiger partial charge < -0.3 is 20.1 Å². The Bertz CT molecular complexity index is 1060. The zero-order valence-electron chi connectivity index (χ0n) is 20.6. The number of nitrogens with zero attached hydrogens (tertiary/aromatic N) is 1. The second-order valence-electron chi connectivity index (χ2n) is 10.9. The minimum atomic E-state index is -0.843. The number of nitrogens with one attached hydrogen (secondary N) is 1. The van der Waals surface area contributed by atoms with Crippen molar-refractivity contribution in [3.63, 3.8) is 0 Å². The second-order valence-corrected chi connectivity index (χ2v) is 10.9. The normalized spacial score (nSPS) is 16.1. The van der Waals surface area contributed by atoms with Crippen molar-refractivity contribution >= 4 is 18.0 Å². The number of rotatable bonds is 8. The highest BCUT2D eigenvalue weighted by atomic mass is 16.5. The van der Waals surface area contributed by atoms with Gasteiger partial charge in [-0.25, -0.2) is 4.79 Å². The number of carboxylic acid groups (broad SMARTS) is 1. The molecule has 0 spiro atoms. The molecule has 1 saturated heterocycles. The maximum absolute atomic E-state index is 12.8. The molecule has 1 unspecified atom stereocenters. The lowest BCUT2D eigenvalue weighted by Crippen LogP contribution is -2.52. The van der Waals surface area contributed by atoms with Gasteiger partial charge in [0.05, 0.1) is 6.42 Å². The number of hydrogen-bond donors (Lipinski definition) is 2. The van der Waals surface area contributed by atoms with Crippen molar-refractivity contribution in [1.82, 2.24) is 10.2 Å². The van der Waals surface area contributed by atoms with Crippen molar-refractivity contribution in [3.8, 4) is 11.1 Å². The molecule has 2 aliphatic rings. The Kier molecular flexibility index (Phi) is 7.15. The number of aliphatic carboxylic acids is 1. The molecule has 2 N–H and O–H groups in total. The number of carboxylic acids is 1. The third-order valence-corrected chi connectivity index (χ3v) is 6.72. The highest BCUT2D eigenvalue weighted by molar-refractivity contribution is 5.80.